The minimum atomic E-state index is -2.41. The number of hydrogen-bond donors (Lipinski definition) is 0. The van der Waals surface area contributed by atoms with Crippen LogP contribution in [0.5, 0.6) is 0 Å². The van der Waals surface area contributed by atoms with Gasteiger partial charge in [-0.15, -0.1) is 4.76 Å². The zero-order valence-electron chi connectivity index (χ0n) is 6.86. The molecule has 0 aliphatic rings. The molecule has 1 aromatic rings. The Kier molecular flexibility index (Phi) is 3.39. The second-order valence-electron chi connectivity index (χ2n) is 2.35. The van der Waals surface area contributed by atoms with Crippen molar-refractivity contribution in [3.63, 3.8) is 0 Å². The maximum atomic E-state index is 11.2. The van der Waals surface area contributed by atoms with E-state index in [0.29, 0.717) is 5.31 Å². The van der Waals surface area contributed by atoms with Gasteiger partial charge in [0.2, 0.25) is 14.0 Å². The zero-order chi connectivity index (χ0) is 9.68. The zero-order valence-corrected chi connectivity index (χ0v) is 7.86. The van der Waals surface area contributed by atoms with Gasteiger partial charge in [0.1, 0.15) is 0 Å². The molecule has 0 aliphatic carbocycles. The number of hydrogen-bond acceptors (Lipinski definition) is 2. The average Bonchev–Trinajstić information content (AvgIpc) is 2.18. The van der Waals surface area contributed by atoms with E-state index in [-0.39, 0.29) is 0 Å². The quantitative estimate of drug-likeness (QED) is 0.420. The van der Waals surface area contributed by atoms with Crippen LogP contribution in [0.2, 0.25) is 0 Å². The molecular formula is C9H8NO2P. The Morgan fingerprint density at radius 2 is 2.00 bits per heavy atom. The van der Waals surface area contributed by atoms with Crippen molar-refractivity contribution in [2.24, 2.45) is 4.76 Å². The fourth-order valence-electron chi connectivity index (χ4n) is 0.872. The van der Waals surface area contributed by atoms with Crippen LogP contribution >= 0.6 is 7.95 Å². The predicted molar refractivity (Wildman–Crippen MR) is 52.6 cm³/mol. The largest absolute Gasteiger partial charge is 0.296 e. The van der Waals surface area contributed by atoms with Gasteiger partial charge in [0.15, 0.2) is 0 Å². The van der Waals surface area contributed by atoms with E-state index in [1.807, 2.05) is 6.07 Å². The third-order valence-electron chi connectivity index (χ3n) is 1.53. The molecular weight excluding hydrogens is 185 g/mol. The lowest BCUT2D eigenvalue weighted by Gasteiger charge is -1.99. The summed E-state index contributed by atoms with van der Waals surface area (Å²) in [5, 5.41) is 0.383. The molecule has 66 valence electrons. The molecule has 0 aromatic heterocycles. The summed E-state index contributed by atoms with van der Waals surface area (Å²) in [6, 6.07) is 8.99. The van der Waals surface area contributed by atoms with Crippen LogP contribution in [0.15, 0.2) is 41.7 Å². The number of rotatable bonds is 3. The summed E-state index contributed by atoms with van der Waals surface area (Å²) in [6.45, 7) is 3.60. The minimum Gasteiger partial charge on any atom is -0.296 e. The smallest absolute Gasteiger partial charge is 0.241 e. The van der Waals surface area contributed by atoms with E-state index in [1.54, 1.807) is 24.3 Å². The van der Waals surface area contributed by atoms with Crippen molar-refractivity contribution in [1.82, 2.24) is 0 Å². The number of nitrogens with zero attached hydrogens (tertiary/aromatic N) is 1. The van der Waals surface area contributed by atoms with Gasteiger partial charge >= 0.3 is 0 Å². The van der Waals surface area contributed by atoms with Crippen molar-refractivity contribution < 1.29 is 9.36 Å². The highest BCUT2D eigenvalue weighted by Gasteiger charge is 2.04. The Balaban J connectivity index is 2.92. The highest BCUT2D eigenvalue weighted by atomic mass is 31.1. The van der Waals surface area contributed by atoms with Crippen LogP contribution in [-0.4, -0.2) is 6.08 Å². The number of carbonyl (C=O) groups excluding carboxylic acids is 1. The van der Waals surface area contributed by atoms with Gasteiger partial charge in [-0.2, -0.15) is 0 Å². The van der Waals surface area contributed by atoms with Crippen LogP contribution in [0, 0.1) is 0 Å². The summed E-state index contributed by atoms with van der Waals surface area (Å²) in [6.07, 6.45) is 1.27. The first-order valence-corrected chi connectivity index (χ1v) is 4.98. The molecule has 13 heavy (non-hydrogen) atoms. The molecule has 0 bridgehead atoms. The van der Waals surface area contributed by atoms with Crippen LogP contribution in [0.3, 0.4) is 0 Å². The molecule has 1 atom stereocenters. The van der Waals surface area contributed by atoms with Gasteiger partial charge in [-0.05, 0) is 5.56 Å². The fourth-order valence-corrected chi connectivity index (χ4v) is 1.50. The molecule has 0 amide bonds. The molecule has 0 N–H and O–H groups in total. The van der Waals surface area contributed by atoms with Crippen LogP contribution < -0.4 is 0 Å². The molecule has 3 nitrogen and oxygen atoms in total. The van der Waals surface area contributed by atoms with Crippen molar-refractivity contribution in [2.75, 3.05) is 0 Å². The van der Waals surface area contributed by atoms with Crippen molar-refractivity contribution in [1.29, 1.82) is 0 Å². The molecule has 0 radical (unpaired) electrons. The summed E-state index contributed by atoms with van der Waals surface area (Å²) in [5.74, 6) is 0. The lowest BCUT2D eigenvalue weighted by atomic mass is 10.2. The molecule has 4 heteroatoms. The summed E-state index contributed by atoms with van der Waals surface area (Å²) in [7, 11) is -2.41. The Bertz CT molecular complexity index is 380. The summed E-state index contributed by atoms with van der Waals surface area (Å²) in [4.78, 5) is 9.84. The van der Waals surface area contributed by atoms with Gasteiger partial charge in [0.25, 0.3) is 0 Å². The lowest BCUT2D eigenvalue weighted by molar-refractivity contribution is 0.564. The molecule has 0 saturated heterocycles. The van der Waals surface area contributed by atoms with Gasteiger partial charge in [-0.25, -0.2) is 4.79 Å². The Morgan fingerprint density at radius 3 is 2.54 bits per heavy atom. The van der Waals surface area contributed by atoms with Crippen LogP contribution in [0.1, 0.15) is 5.56 Å². The van der Waals surface area contributed by atoms with Gasteiger partial charge in [-0.3, -0.25) is 4.57 Å². The third-order valence-corrected chi connectivity index (χ3v) is 2.63. The number of isocyanates is 1. The monoisotopic (exact) mass is 193 g/mol. The molecule has 1 rings (SSSR count). The van der Waals surface area contributed by atoms with E-state index in [1.165, 1.54) is 6.08 Å². The Labute approximate surface area is 76.7 Å². The van der Waals surface area contributed by atoms with E-state index in [4.69, 9.17) is 0 Å². The summed E-state index contributed by atoms with van der Waals surface area (Å²) >= 11 is 0. The first-order valence-electron chi connectivity index (χ1n) is 3.62. The topological polar surface area (TPSA) is 46.5 Å². The van der Waals surface area contributed by atoms with E-state index in [2.05, 4.69) is 11.3 Å². The predicted octanol–water partition coefficient (Wildman–Crippen LogP) is 2.47. The molecule has 0 spiro atoms. The highest BCUT2D eigenvalue weighted by Crippen LogP contribution is 2.38. The number of benzene rings is 1. The Morgan fingerprint density at radius 1 is 1.38 bits per heavy atom. The molecule has 1 unspecified atom stereocenters. The minimum absolute atomic E-state index is 0.383. The van der Waals surface area contributed by atoms with Gasteiger partial charge in [0, 0.05) is 5.31 Å². The van der Waals surface area contributed by atoms with E-state index >= 15 is 0 Å². The fraction of sp³-hybridized carbons (Fsp3) is 0. The lowest BCUT2D eigenvalue weighted by Crippen LogP contribution is -1.74. The summed E-state index contributed by atoms with van der Waals surface area (Å²) < 4.78 is 14.3. The SMILES string of the molecule is C=C(c1ccccc1)[PH](=O)N=C=O. The van der Waals surface area contributed by atoms with Crippen LogP contribution in [-0.2, 0) is 9.36 Å². The second kappa shape index (κ2) is 4.56. The van der Waals surface area contributed by atoms with Crippen LogP contribution in [0.25, 0.3) is 5.31 Å². The Hall–Kier alpha value is -1.43. The molecule has 0 saturated carbocycles. The van der Waals surface area contributed by atoms with Crippen molar-refractivity contribution in [3.05, 3.63) is 42.5 Å². The van der Waals surface area contributed by atoms with Crippen molar-refractivity contribution in [3.8, 4) is 0 Å². The standard InChI is InChI=1S/C9H8NO2P/c1-8(13(12)10-7-11)9-5-3-2-4-6-9/h2-6,13H,1H2. The van der Waals surface area contributed by atoms with E-state index in [0.717, 1.165) is 5.56 Å². The maximum Gasteiger partial charge on any atom is 0.241 e. The van der Waals surface area contributed by atoms with E-state index < -0.39 is 7.95 Å². The highest BCUT2D eigenvalue weighted by molar-refractivity contribution is 7.55. The average molecular weight is 193 g/mol. The first-order chi connectivity index (χ1) is 6.25. The molecule has 0 heterocycles. The molecule has 0 fully saturated rings. The first kappa shape index (κ1) is 9.66. The van der Waals surface area contributed by atoms with Gasteiger partial charge < -0.3 is 0 Å². The van der Waals surface area contributed by atoms with Crippen molar-refractivity contribution >= 4 is 19.3 Å². The van der Waals surface area contributed by atoms with E-state index in [9.17, 15) is 9.36 Å². The van der Waals surface area contributed by atoms with Gasteiger partial charge in [-0.1, -0.05) is 36.9 Å². The second-order valence-corrected chi connectivity index (χ2v) is 3.79. The third kappa shape index (κ3) is 2.51. The van der Waals surface area contributed by atoms with Crippen LogP contribution in [0.4, 0.5) is 0 Å². The summed E-state index contributed by atoms with van der Waals surface area (Å²) in [5.41, 5.74) is 0.741. The normalized spacial score (nSPS) is 11.4. The van der Waals surface area contributed by atoms with Crippen molar-refractivity contribution in [2.45, 2.75) is 0 Å². The maximum absolute atomic E-state index is 11.2. The molecule has 1 aromatic carbocycles. The molecule has 0 aliphatic heterocycles. The van der Waals surface area contributed by atoms with Gasteiger partial charge in [0.05, 0.1) is 0 Å².